The molecule has 0 spiro atoms. The fourth-order valence-electron chi connectivity index (χ4n) is 3.25. The van der Waals surface area contributed by atoms with Crippen LogP contribution in [0.15, 0.2) is 18.7 Å². The monoisotopic (exact) mass is 458 g/mol. The van der Waals surface area contributed by atoms with Crippen LogP contribution >= 0.6 is 22.6 Å². The summed E-state index contributed by atoms with van der Waals surface area (Å²) in [6, 6.07) is 3.84. The molecule has 1 aromatic rings. The van der Waals surface area contributed by atoms with E-state index in [2.05, 4.69) is 36.1 Å². The molecule has 4 nitrogen and oxygen atoms in total. The van der Waals surface area contributed by atoms with Crippen LogP contribution in [0.4, 0.5) is 0 Å². The number of rotatable bonds is 8. The van der Waals surface area contributed by atoms with Gasteiger partial charge in [-0.05, 0) is 72.4 Å². The smallest absolute Gasteiger partial charge is 0.309 e. The number of hydrogen-bond acceptors (Lipinski definition) is 4. The van der Waals surface area contributed by atoms with Crippen molar-refractivity contribution in [1.82, 2.24) is 0 Å². The number of esters is 1. The molecule has 0 unspecified atom stereocenters. The molecule has 0 aliphatic heterocycles. The van der Waals surface area contributed by atoms with Gasteiger partial charge in [-0.15, -0.1) is 0 Å². The van der Waals surface area contributed by atoms with E-state index < -0.39 is 0 Å². The van der Waals surface area contributed by atoms with E-state index in [1.807, 2.05) is 12.1 Å². The molecule has 1 aromatic carbocycles. The van der Waals surface area contributed by atoms with Gasteiger partial charge in [0.1, 0.15) is 5.60 Å². The molecule has 0 atom stereocenters. The quantitative estimate of drug-likeness (QED) is 0.388. The van der Waals surface area contributed by atoms with E-state index in [0.717, 1.165) is 41.2 Å². The second-order valence-corrected chi connectivity index (χ2v) is 7.57. The molecule has 1 aliphatic rings. The first-order valence-electron chi connectivity index (χ1n) is 8.88. The average Bonchev–Trinajstić information content (AvgIpc) is 2.63. The van der Waals surface area contributed by atoms with Gasteiger partial charge in [0.05, 0.1) is 23.7 Å². The van der Waals surface area contributed by atoms with E-state index in [1.54, 1.807) is 13.2 Å². The molecule has 1 aliphatic carbocycles. The van der Waals surface area contributed by atoms with Crippen molar-refractivity contribution in [2.24, 2.45) is 0 Å². The van der Waals surface area contributed by atoms with Crippen LogP contribution in [0, 0.1) is 3.57 Å². The topological polar surface area (TPSA) is 44.8 Å². The molecule has 0 heterocycles. The normalized spacial score (nSPS) is 16.1. The lowest BCUT2D eigenvalue weighted by Crippen LogP contribution is -2.36. The van der Waals surface area contributed by atoms with E-state index in [0.29, 0.717) is 11.5 Å². The Morgan fingerprint density at radius 2 is 2.04 bits per heavy atom. The van der Waals surface area contributed by atoms with Crippen LogP contribution in [0.2, 0.25) is 0 Å². The minimum atomic E-state index is -0.257. The third kappa shape index (κ3) is 5.36. The van der Waals surface area contributed by atoms with Gasteiger partial charge in [-0.1, -0.05) is 26.0 Å². The average molecular weight is 458 g/mol. The molecule has 0 amide bonds. The molecule has 0 saturated heterocycles. The number of halogens is 1. The van der Waals surface area contributed by atoms with Crippen LogP contribution in [0.1, 0.15) is 57.4 Å². The maximum absolute atomic E-state index is 12.3. The maximum atomic E-state index is 12.3. The number of hydrogen-bond donors (Lipinski definition) is 0. The Bertz CT molecular complexity index is 606. The van der Waals surface area contributed by atoms with Crippen LogP contribution < -0.4 is 9.47 Å². The highest BCUT2D eigenvalue weighted by Crippen LogP contribution is 2.36. The van der Waals surface area contributed by atoms with Crippen molar-refractivity contribution in [3.63, 3.8) is 0 Å². The summed E-state index contributed by atoms with van der Waals surface area (Å²) in [4.78, 5) is 12.3. The van der Waals surface area contributed by atoms with Gasteiger partial charge in [0.2, 0.25) is 0 Å². The Kier molecular flexibility index (Phi) is 7.59. The van der Waals surface area contributed by atoms with E-state index in [9.17, 15) is 4.79 Å². The van der Waals surface area contributed by atoms with Gasteiger partial charge in [0.15, 0.2) is 11.5 Å². The summed E-state index contributed by atoms with van der Waals surface area (Å²) < 4.78 is 18.0. The summed E-state index contributed by atoms with van der Waals surface area (Å²) in [6.45, 7) is 6.15. The van der Waals surface area contributed by atoms with Crippen LogP contribution in [0.25, 0.3) is 6.08 Å². The summed E-state index contributed by atoms with van der Waals surface area (Å²) in [7, 11) is 1.60. The molecule has 0 bridgehead atoms. The fraction of sp³-hybridized carbons (Fsp3) is 0.550. The van der Waals surface area contributed by atoms with Crippen LogP contribution in [-0.2, 0) is 9.53 Å². The lowest BCUT2D eigenvalue weighted by molar-refractivity contribution is -0.164. The highest BCUT2D eigenvalue weighted by molar-refractivity contribution is 14.1. The van der Waals surface area contributed by atoms with Gasteiger partial charge in [0, 0.05) is 0 Å². The highest BCUT2D eigenvalue weighted by Gasteiger charge is 2.33. The number of methoxy groups -OCH3 is 1. The number of carbonyl (C=O) groups excluding carboxylic acids is 1. The van der Waals surface area contributed by atoms with Crippen molar-refractivity contribution in [3.05, 3.63) is 27.8 Å². The van der Waals surface area contributed by atoms with E-state index in [1.165, 1.54) is 6.42 Å². The lowest BCUT2D eigenvalue weighted by atomic mass is 9.83. The zero-order valence-electron chi connectivity index (χ0n) is 15.1. The van der Waals surface area contributed by atoms with Crippen molar-refractivity contribution in [2.45, 2.75) is 57.5 Å². The maximum Gasteiger partial charge on any atom is 0.309 e. The molecule has 0 aromatic heterocycles. The van der Waals surface area contributed by atoms with Crippen molar-refractivity contribution >= 4 is 34.6 Å². The summed E-state index contributed by atoms with van der Waals surface area (Å²) in [5, 5.41) is 0. The third-order valence-electron chi connectivity index (χ3n) is 4.78. The van der Waals surface area contributed by atoms with Gasteiger partial charge in [-0.2, -0.15) is 0 Å². The second kappa shape index (κ2) is 9.46. The Labute approximate surface area is 164 Å². The summed E-state index contributed by atoms with van der Waals surface area (Å²) in [6.07, 6.45) is 8.36. The standard InChI is InChI=1S/C20H27IO4/c1-4-15-13-16(21)19(17(14-15)23-3)24-12-9-18(22)25-20(5-2)10-7-6-8-11-20/h4,13-14H,1,5-12H2,2-3H3. The van der Waals surface area contributed by atoms with Gasteiger partial charge >= 0.3 is 5.97 Å². The molecular weight excluding hydrogens is 431 g/mol. The van der Waals surface area contributed by atoms with E-state index >= 15 is 0 Å². The van der Waals surface area contributed by atoms with E-state index in [-0.39, 0.29) is 24.6 Å². The van der Waals surface area contributed by atoms with Crippen molar-refractivity contribution in [1.29, 1.82) is 0 Å². The Morgan fingerprint density at radius 1 is 1.32 bits per heavy atom. The van der Waals surface area contributed by atoms with Gasteiger partial charge < -0.3 is 14.2 Å². The zero-order valence-corrected chi connectivity index (χ0v) is 17.3. The molecular formula is C20H27IO4. The largest absolute Gasteiger partial charge is 0.493 e. The predicted molar refractivity (Wildman–Crippen MR) is 108 cm³/mol. The number of carbonyl (C=O) groups is 1. The van der Waals surface area contributed by atoms with Crippen LogP contribution in [0.5, 0.6) is 11.5 Å². The molecule has 0 N–H and O–H groups in total. The van der Waals surface area contributed by atoms with Gasteiger partial charge in [0.25, 0.3) is 0 Å². The molecule has 138 valence electrons. The van der Waals surface area contributed by atoms with Crippen molar-refractivity contribution in [3.8, 4) is 11.5 Å². The fourth-order valence-corrected chi connectivity index (χ4v) is 4.03. The third-order valence-corrected chi connectivity index (χ3v) is 5.58. The number of ether oxygens (including phenoxy) is 3. The lowest BCUT2D eigenvalue weighted by Gasteiger charge is -2.36. The molecule has 25 heavy (non-hydrogen) atoms. The van der Waals surface area contributed by atoms with Gasteiger partial charge in [-0.25, -0.2) is 0 Å². The second-order valence-electron chi connectivity index (χ2n) is 6.41. The summed E-state index contributed by atoms with van der Waals surface area (Å²) in [5.74, 6) is 1.12. The molecule has 0 radical (unpaired) electrons. The predicted octanol–water partition coefficient (Wildman–Crippen LogP) is 5.37. The minimum Gasteiger partial charge on any atom is -0.493 e. The minimum absolute atomic E-state index is 0.180. The molecule has 1 saturated carbocycles. The molecule has 5 heteroatoms. The SMILES string of the molecule is C=Cc1cc(I)c(OCCC(=O)OC2(CC)CCCCC2)c(OC)c1. The Morgan fingerprint density at radius 3 is 2.64 bits per heavy atom. The summed E-state index contributed by atoms with van der Waals surface area (Å²) in [5.41, 5.74) is 0.711. The molecule has 2 rings (SSSR count). The van der Waals surface area contributed by atoms with E-state index in [4.69, 9.17) is 14.2 Å². The van der Waals surface area contributed by atoms with Gasteiger partial charge in [-0.3, -0.25) is 4.79 Å². The summed E-state index contributed by atoms with van der Waals surface area (Å²) >= 11 is 2.20. The Hall–Kier alpha value is -1.24. The molecule has 1 fully saturated rings. The highest BCUT2D eigenvalue weighted by atomic mass is 127. The first-order chi connectivity index (χ1) is 12.0. The Balaban J connectivity index is 1.92. The number of benzene rings is 1. The van der Waals surface area contributed by atoms with Crippen molar-refractivity contribution in [2.75, 3.05) is 13.7 Å². The first-order valence-corrected chi connectivity index (χ1v) is 9.96. The zero-order chi connectivity index (χ0) is 18.3. The van der Waals surface area contributed by atoms with Crippen LogP contribution in [-0.4, -0.2) is 25.3 Å². The van der Waals surface area contributed by atoms with Crippen LogP contribution in [0.3, 0.4) is 0 Å². The van der Waals surface area contributed by atoms with Crippen molar-refractivity contribution < 1.29 is 19.0 Å². The first kappa shape index (κ1) is 20.1.